The van der Waals surface area contributed by atoms with E-state index in [0.29, 0.717) is 23.0 Å². The molecule has 0 saturated heterocycles. The van der Waals surface area contributed by atoms with Crippen LogP contribution < -0.4 is 10.9 Å². The van der Waals surface area contributed by atoms with Crippen molar-refractivity contribution in [2.45, 2.75) is 38.8 Å². The molecule has 3 rings (SSSR count). The Morgan fingerprint density at radius 1 is 1.15 bits per heavy atom. The Balaban J connectivity index is 1.62. The summed E-state index contributed by atoms with van der Waals surface area (Å²) in [4.78, 5) is 14.1. The maximum Gasteiger partial charge on any atom is 0.248 e. The Morgan fingerprint density at radius 2 is 1.96 bits per heavy atom. The van der Waals surface area contributed by atoms with Crippen LogP contribution >= 0.6 is 0 Å². The van der Waals surface area contributed by atoms with Gasteiger partial charge in [0.1, 0.15) is 5.75 Å². The van der Waals surface area contributed by atoms with Gasteiger partial charge in [0.05, 0.1) is 11.6 Å². The van der Waals surface area contributed by atoms with Gasteiger partial charge >= 0.3 is 0 Å². The van der Waals surface area contributed by atoms with Crippen LogP contribution in [0, 0.1) is 6.92 Å². The number of hydrogen-bond donors (Lipinski definition) is 4. The summed E-state index contributed by atoms with van der Waals surface area (Å²) in [7, 11) is 0. The van der Waals surface area contributed by atoms with E-state index in [1.165, 1.54) is 23.3 Å². The third kappa shape index (κ3) is 4.76. The number of phenols is 1. The van der Waals surface area contributed by atoms with E-state index >= 15 is 0 Å². The van der Waals surface area contributed by atoms with Crippen molar-refractivity contribution in [2.24, 2.45) is 0 Å². The van der Waals surface area contributed by atoms with Gasteiger partial charge in [-0.15, -0.1) is 0 Å². The molecule has 4 N–H and O–H groups in total. The maximum absolute atomic E-state index is 11.5. The SMILES string of the molecule is Cc1cccc(CCC(C)NCC(O)c2ccc(O)c3[nH]c(=O)ccc23)c1. The maximum atomic E-state index is 11.5. The van der Waals surface area contributed by atoms with Crippen LogP contribution in [0.2, 0.25) is 0 Å². The Hall–Kier alpha value is -2.63. The quantitative estimate of drug-likeness (QED) is 0.517. The van der Waals surface area contributed by atoms with Crippen LogP contribution in [0.25, 0.3) is 10.9 Å². The van der Waals surface area contributed by atoms with Crippen molar-refractivity contribution in [1.82, 2.24) is 10.3 Å². The molecule has 5 nitrogen and oxygen atoms in total. The Morgan fingerprint density at radius 3 is 2.74 bits per heavy atom. The monoisotopic (exact) mass is 366 g/mol. The van der Waals surface area contributed by atoms with Gasteiger partial charge in [0.25, 0.3) is 0 Å². The second kappa shape index (κ2) is 8.37. The zero-order valence-corrected chi connectivity index (χ0v) is 15.7. The summed E-state index contributed by atoms with van der Waals surface area (Å²) in [6, 6.07) is 15.0. The summed E-state index contributed by atoms with van der Waals surface area (Å²) >= 11 is 0. The third-order valence-electron chi connectivity index (χ3n) is 4.87. The molecule has 1 heterocycles. The highest BCUT2D eigenvalue weighted by molar-refractivity contribution is 5.87. The summed E-state index contributed by atoms with van der Waals surface area (Å²) in [5.41, 5.74) is 3.33. The van der Waals surface area contributed by atoms with Gasteiger partial charge in [-0.1, -0.05) is 35.9 Å². The molecule has 0 aliphatic rings. The number of aromatic amines is 1. The molecule has 0 bridgehead atoms. The number of aromatic hydroxyl groups is 1. The first kappa shape index (κ1) is 19.1. The number of nitrogens with one attached hydrogen (secondary N) is 2. The van der Waals surface area contributed by atoms with Crippen LogP contribution in [-0.2, 0) is 6.42 Å². The number of aliphatic hydroxyl groups is 1. The van der Waals surface area contributed by atoms with Crippen molar-refractivity contribution in [3.63, 3.8) is 0 Å². The Kier molecular flexibility index (Phi) is 5.94. The number of aliphatic hydroxyl groups excluding tert-OH is 1. The molecule has 0 spiro atoms. The number of fused-ring (bicyclic) bond motifs is 1. The second-order valence-electron chi connectivity index (χ2n) is 7.14. The van der Waals surface area contributed by atoms with Gasteiger partial charge in [-0.3, -0.25) is 4.79 Å². The van der Waals surface area contributed by atoms with Crippen molar-refractivity contribution in [3.05, 3.63) is 75.6 Å². The van der Waals surface area contributed by atoms with Gasteiger partial charge in [0, 0.05) is 24.0 Å². The molecule has 0 saturated carbocycles. The first-order valence-electron chi connectivity index (χ1n) is 9.26. The van der Waals surface area contributed by atoms with E-state index in [2.05, 4.69) is 48.4 Å². The summed E-state index contributed by atoms with van der Waals surface area (Å²) in [6.45, 7) is 4.60. The van der Waals surface area contributed by atoms with E-state index < -0.39 is 6.10 Å². The van der Waals surface area contributed by atoms with E-state index in [9.17, 15) is 15.0 Å². The summed E-state index contributed by atoms with van der Waals surface area (Å²) in [5.74, 6) is -0.00173. The minimum Gasteiger partial charge on any atom is -0.506 e. The molecule has 0 radical (unpaired) electrons. The largest absolute Gasteiger partial charge is 0.506 e. The highest BCUT2D eigenvalue weighted by Crippen LogP contribution is 2.28. The van der Waals surface area contributed by atoms with Gasteiger partial charge in [-0.05, 0) is 49.9 Å². The fourth-order valence-electron chi connectivity index (χ4n) is 3.33. The molecule has 3 aromatic rings. The minimum absolute atomic E-state index is 0.00173. The van der Waals surface area contributed by atoms with E-state index in [0.717, 1.165) is 12.8 Å². The smallest absolute Gasteiger partial charge is 0.248 e. The predicted octanol–water partition coefficient (Wildman–Crippen LogP) is 3.19. The van der Waals surface area contributed by atoms with Crippen molar-refractivity contribution in [2.75, 3.05) is 6.54 Å². The number of pyridine rings is 1. The molecule has 2 unspecified atom stereocenters. The average molecular weight is 366 g/mol. The molecule has 27 heavy (non-hydrogen) atoms. The average Bonchev–Trinajstić information content (AvgIpc) is 2.65. The molecule has 142 valence electrons. The molecular formula is C22H26N2O3. The van der Waals surface area contributed by atoms with Crippen LogP contribution in [0.4, 0.5) is 0 Å². The molecular weight excluding hydrogens is 340 g/mol. The fraction of sp³-hybridized carbons (Fsp3) is 0.318. The van der Waals surface area contributed by atoms with Crippen molar-refractivity contribution < 1.29 is 10.2 Å². The van der Waals surface area contributed by atoms with E-state index in [1.54, 1.807) is 12.1 Å². The summed E-state index contributed by atoms with van der Waals surface area (Å²) < 4.78 is 0. The molecule has 2 atom stereocenters. The molecule has 0 fully saturated rings. The third-order valence-corrected chi connectivity index (χ3v) is 4.87. The molecule has 0 aliphatic heterocycles. The molecule has 1 aromatic heterocycles. The lowest BCUT2D eigenvalue weighted by molar-refractivity contribution is 0.171. The predicted molar refractivity (Wildman–Crippen MR) is 108 cm³/mol. The lowest BCUT2D eigenvalue weighted by Gasteiger charge is -2.19. The lowest BCUT2D eigenvalue weighted by atomic mass is 10.0. The van der Waals surface area contributed by atoms with Crippen LogP contribution in [0.3, 0.4) is 0 Å². The Bertz CT molecular complexity index is 981. The number of rotatable bonds is 7. The van der Waals surface area contributed by atoms with Gasteiger partial charge < -0.3 is 20.5 Å². The zero-order chi connectivity index (χ0) is 19.4. The zero-order valence-electron chi connectivity index (χ0n) is 15.7. The number of hydrogen-bond acceptors (Lipinski definition) is 4. The van der Waals surface area contributed by atoms with Gasteiger partial charge in [0.15, 0.2) is 0 Å². The van der Waals surface area contributed by atoms with E-state index in [-0.39, 0.29) is 17.4 Å². The van der Waals surface area contributed by atoms with E-state index in [1.807, 2.05) is 0 Å². The molecule has 0 aliphatic carbocycles. The molecule has 5 heteroatoms. The molecule has 2 aromatic carbocycles. The number of benzene rings is 2. The first-order valence-corrected chi connectivity index (χ1v) is 9.26. The van der Waals surface area contributed by atoms with Gasteiger partial charge in [-0.25, -0.2) is 0 Å². The highest BCUT2D eigenvalue weighted by atomic mass is 16.3. The highest BCUT2D eigenvalue weighted by Gasteiger charge is 2.15. The van der Waals surface area contributed by atoms with Crippen molar-refractivity contribution in [1.29, 1.82) is 0 Å². The summed E-state index contributed by atoms with van der Waals surface area (Å²) in [5, 5.41) is 24.6. The number of phenolic OH excluding ortho intramolecular Hbond substituents is 1. The van der Waals surface area contributed by atoms with Crippen LogP contribution in [0.5, 0.6) is 5.75 Å². The first-order chi connectivity index (χ1) is 12.9. The van der Waals surface area contributed by atoms with E-state index in [4.69, 9.17) is 0 Å². The van der Waals surface area contributed by atoms with Crippen LogP contribution in [-0.4, -0.2) is 27.8 Å². The lowest BCUT2D eigenvalue weighted by Crippen LogP contribution is -2.31. The fourth-order valence-corrected chi connectivity index (χ4v) is 3.33. The minimum atomic E-state index is -0.736. The van der Waals surface area contributed by atoms with Gasteiger partial charge in [-0.2, -0.15) is 0 Å². The van der Waals surface area contributed by atoms with Gasteiger partial charge in [0.2, 0.25) is 5.56 Å². The topological polar surface area (TPSA) is 85.3 Å². The van der Waals surface area contributed by atoms with Crippen LogP contribution in [0.1, 0.15) is 36.1 Å². The van der Waals surface area contributed by atoms with Crippen molar-refractivity contribution >= 4 is 10.9 Å². The summed E-state index contributed by atoms with van der Waals surface area (Å²) in [6.07, 6.45) is 1.22. The Labute approximate surface area is 158 Å². The van der Waals surface area contributed by atoms with Crippen LogP contribution in [0.15, 0.2) is 53.3 Å². The molecule has 0 amide bonds. The second-order valence-corrected chi connectivity index (χ2v) is 7.14. The number of aryl methyl sites for hydroxylation is 2. The van der Waals surface area contributed by atoms with Crippen molar-refractivity contribution in [3.8, 4) is 5.75 Å². The number of H-pyrrole nitrogens is 1. The normalized spacial score (nSPS) is 13.6. The standard InChI is InChI=1S/C22H26N2O3/c1-14-4-3-5-16(12-14)7-6-15(2)23-13-20(26)17-8-10-19(25)22-18(17)9-11-21(27)24-22/h3-5,8-12,15,20,23,25-26H,6-7,13H2,1-2H3,(H,24,27). The number of aromatic nitrogens is 1.